The summed E-state index contributed by atoms with van der Waals surface area (Å²) in [5.41, 5.74) is 3.43. The Bertz CT molecular complexity index is 774. The first kappa shape index (κ1) is 18.6. The molecule has 5 heteroatoms. The molecule has 1 aromatic heterocycles. The van der Waals surface area contributed by atoms with E-state index in [1.807, 2.05) is 19.4 Å². The van der Waals surface area contributed by atoms with Crippen molar-refractivity contribution in [2.24, 2.45) is 18.4 Å². The van der Waals surface area contributed by atoms with Crippen LogP contribution in [0.4, 0.5) is 0 Å². The molecule has 26 heavy (non-hydrogen) atoms. The average molecular weight is 354 g/mol. The van der Waals surface area contributed by atoms with Crippen LogP contribution >= 0.6 is 0 Å². The molecule has 1 aromatic carbocycles. The lowest BCUT2D eigenvalue weighted by molar-refractivity contribution is -0.126. The smallest absolute Gasteiger partial charge is 0.225 e. The third kappa shape index (κ3) is 3.98. The molecule has 3 atom stereocenters. The van der Waals surface area contributed by atoms with E-state index < -0.39 is 0 Å². The molecule has 2 heterocycles. The molecule has 1 saturated heterocycles. The summed E-state index contributed by atoms with van der Waals surface area (Å²) in [6, 6.07) is 8.40. The van der Waals surface area contributed by atoms with Crippen LogP contribution in [-0.2, 0) is 11.8 Å². The SMILES string of the molecule is Cc1cccc(C(NC(=O)[C@H]2CNC[C@@H]2c2cnn(C)c2)C(C)(C)C)c1. The molecule has 1 unspecified atom stereocenters. The van der Waals surface area contributed by atoms with Crippen molar-refractivity contribution in [1.29, 1.82) is 0 Å². The van der Waals surface area contributed by atoms with E-state index >= 15 is 0 Å². The number of benzene rings is 1. The zero-order valence-electron chi connectivity index (χ0n) is 16.4. The van der Waals surface area contributed by atoms with Crippen LogP contribution in [0.5, 0.6) is 0 Å². The highest BCUT2D eigenvalue weighted by Gasteiger charge is 2.37. The Morgan fingerprint density at radius 1 is 1.35 bits per heavy atom. The van der Waals surface area contributed by atoms with Crippen molar-refractivity contribution >= 4 is 5.91 Å². The molecule has 2 N–H and O–H groups in total. The number of rotatable bonds is 4. The number of carbonyl (C=O) groups is 1. The second kappa shape index (κ2) is 7.23. The predicted molar refractivity (Wildman–Crippen MR) is 104 cm³/mol. The van der Waals surface area contributed by atoms with Gasteiger partial charge in [0.15, 0.2) is 0 Å². The fourth-order valence-corrected chi connectivity index (χ4v) is 3.83. The van der Waals surface area contributed by atoms with E-state index in [9.17, 15) is 4.79 Å². The van der Waals surface area contributed by atoms with E-state index in [1.165, 1.54) is 5.56 Å². The van der Waals surface area contributed by atoms with Crippen molar-refractivity contribution in [2.75, 3.05) is 13.1 Å². The van der Waals surface area contributed by atoms with Gasteiger partial charge in [-0.3, -0.25) is 9.48 Å². The van der Waals surface area contributed by atoms with Crippen LogP contribution < -0.4 is 10.6 Å². The summed E-state index contributed by atoms with van der Waals surface area (Å²) in [5, 5.41) is 11.0. The average Bonchev–Trinajstić information content (AvgIpc) is 3.19. The van der Waals surface area contributed by atoms with Crippen molar-refractivity contribution in [3.63, 3.8) is 0 Å². The fourth-order valence-electron chi connectivity index (χ4n) is 3.83. The third-order valence-electron chi connectivity index (χ3n) is 5.23. The predicted octanol–water partition coefficient (Wildman–Crippen LogP) is 2.94. The van der Waals surface area contributed by atoms with Crippen molar-refractivity contribution < 1.29 is 4.79 Å². The Morgan fingerprint density at radius 3 is 2.73 bits per heavy atom. The van der Waals surface area contributed by atoms with Crippen molar-refractivity contribution in [3.8, 4) is 0 Å². The minimum Gasteiger partial charge on any atom is -0.348 e. The monoisotopic (exact) mass is 354 g/mol. The lowest BCUT2D eigenvalue weighted by Gasteiger charge is -2.33. The summed E-state index contributed by atoms with van der Waals surface area (Å²) in [4.78, 5) is 13.2. The lowest BCUT2D eigenvalue weighted by atomic mass is 9.81. The molecular weight excluding hydrogens is 324 g/mol. The molecule has 3 rings (SSSR count). The summed E-state index contributed by atoms with van der Waals surface area (Å²) in [6.07, 6.45) is 3.89. The molecular formula is C21H30N4O. The second-order valence-corrected chi connectivity index (χ2v) is 8.54. The summed E-state index contributed by atoms with van der Waals surface area (Å²) < 4.78 is 1.80. The van der Waals surface area contributed by atoms with Crippen LogP contribution in [0.1, 0.15) is 49.4 Å². The largest absolute Gasteiger partial charge is 0.348 e. The Morgan fingerprint density at radius 2 is 2.12 bits per heavy atom. The van der Waals surface area contributed by atoms with E-state index in [2.05, 4.69) is 67.7 Å². The van der Waals surface area contributed by atoms with Gasteiger partial charge in [-0.15, -0.1) is 0 Å². The lowest BCUT2D eigenvalue weighted by Crippen LogP contribution is -2.41. The molecule has 140 valence electrons. The summed E-state index contributed by atoms with van der Waals surface area (Å²) >= 11 is 0. The molecule has 2 aromatic rings. The highest BCUT2D eigenvalue weighted by Crippen LogP contribution is 2.35. The topological polar surface area (TPSA) is 59.0 Å². The summed E-state index contributed by atoms with van der Waals surface area (Å²) in [5.74, 6) is 0.209. The van der Waals surface area contributed by atoms with Gasteiger partial charge >= 0.3 is 0 Å². The van der Waals surface area contributed by atoms with Crippen LogP contribution in [0.15, 0.2) is 36.7 Å². The van der Waals surface area contributed by atoms with Crippen LogP contribution in [-0.4, -0.2) is 28.8 Å². The van der Waals surface area contributed by atoms with Gasteiger partial charge < -0.3 is 10.6 Å². The molecule has 1 aliphatic heterocycles. The highest BCUT2D eigenvalue weighted by molar-refractivity contribution is 5.81. The maximum Gasteiger partial charge on any atom is 0.225 e. The van der Waals surface area contributed by atoms with Gasteiger partial charge in [-0.2, -0.15) is 5.10 Å². The van der Waals surface area contributed by atoms with Gasteiger partial charge in [0.2, 0.25) is 5.91 Å². The van der Waals surface area contributed by atoms with Crippen molar-refractivity contribution in [2.45, 2.75) is 39.7 Å². The number of hydrogen-bond acceptors (Lipinski definition) is 3. The Hall–Kier alpha value is -2.14. The quantitative estimate of drug-likeness (QED) is 0.887. The fraction of sp³-hybridized carbons (Fsp3) is 0.524. The molecule has 1 aliphatic rings. The minimum absolute atomic E-state index is 0.0231. The molecule has 0 saturated carbocycles. The van der Waals surface area contributed by atoms with Gasteiger partial charge in [0.1, 0.15) is 0 Å². The number of aryl methyl sites for hydroxylation is 2. The maximum atomic E-state index is 13.2. The van der Waals surface area contributed by atoms with Crippen LogP contribution in [0, 0.1) is 18.3 Å². The molecule has 1 fully saturated rings. The number of aromatic nitrogens is 2. The molecule has 5 nitrogen and oxygen atoms in total. The van der Waals surface area contributed by atoms with Gasteiger partial charge in [-0.25, -0.2) is 0 Å². The van der Waals surface area contributed by atoms with Crippen LogP contribution in [0.25, 0.3) is 0 Å². The zero-order valence-corrected chi connectivity index (χ0v) is 16.4. The summed E-state index contributed by atoms with van der Waals surface area (Å²) in [6.45, 7) is 10.1. The number of amides is 1. The van der Waals surface area contributed by atoms with Crippen molar-refractivity contribution in [3.05, 3.63) is 53.3 Å². The third-order valence-corrected chi connectivity index (χ3v) is 5.23. The van der Waals surface area contributed by atoms with E-state index in [0.29, 0.717) is 6.54 Å². The van der Waals surface area contributed by atoms with Crippen LogP contribution in [0.3, 0.4) is 0 Å². The van der Waals surface area contributed by atoms with Gasteiger partial charge in [0, 0.05) is 32.3 Å². The number of carbonyl (C=O) groups excluding carboxylic acids is 1. The second-order valence-electron chi connectivity index (χ2n) is 8.54. The van der Waals surface area contributed by atoms with Gasteiger partial charge in [-0.05, 0) is 23.5 Å². The maximum absolute atomic E-state index is 13.2. The summed E-state index contributed by atoms with van der Waals surface area (Å²) in [7, 11) is 1.91. The van der Waals surface area contributed by atoms with Gasteiger partial charge in [0.05, 0.1) is 18.2 Å². The first-order chi connectivity index (χ1) is 12.3. The number of hydrogen-bond donors (Lipinski definition) is 2. The van der Waals surface area contributed by atoms with Gasteiger partial charge in [0.25, 0.3) is 0 Å². The molecule has 0 radical (unpaired) electrons. The zero-order chi connectivity index (χ0) is 18.9. The minimum atomic E-state index is -0.0751. The molecule has 0 spiro atoms. The van der Waals surface area contributed by atoms with E-state index in [0.717, 1.165) is 17.7 Å². The van der Waals surface area contributed by atoms with Crippen molar-refractivity contribution in [1.82, 2.24) is 20.4 Å². The van der Waals surface area contributed by atoms with E-state index in [-0.39, 0.29) is 29.2 Å². The van der Waals surface area contributed by atoms with Gasteiger partial charge in [-0.1, -0.05) is 50.6 Å². The van der Waals surface area contributed by atoms with Crippen LogP contribution in [0.2, 0.25) is 0 Å². The Labute approximate surface area is 156 Å². The van der Waals surface area contributed by atoms with E-state index in [1.54, 1.807) is 4.68 Å². The first-order valence-corrected chi connectivity index (χ1v) is 9.32. The Balaban J connectivity index is 1.81. The standard InChI is InChI=1S/C21H30N4O/c1-14-7-6-8-15(9-14)19(21(2,3)4)24-20(26)18-12-22-11-17(18)16-10-23-25(5)13-16/h6-10,13,17-19,22H,11-12H2,1-5H3,(H,24,26)/t17-,18+,19?/m1/s1. The molecule has 1 amide bonds. The number of nitrogens with zero attached hydrogens (tertiary/aromatic N) is 2. The molecule has 0 aliphatic carbocycles. The molecule has 0 bridgehead atoms. The number of nitrogens with one attached hydrogen (secondary N) is 2. The Kier molecular flexibility index (Phi) is 5.19. The normalized spacial score (nSPS) is 21.6. The highest BCUT2D eigenvalue weighted by atomic mass is 16.2. The van der Waals surface area contributed by atoms with E-state index in [4.69, 9.17) is 0 Å². The first-order valence-electron chi connectivity index (χ1n) is 9.32.